The van der Waals surface area contributed by atoms with Gasteiger partial charge in [0.15, 0.2) is 5.78 Å². The normalized spacial score (nSPS) is 17.6. The number of carbonyl (C=O) groups excluding carboxylic acids is 1. The van der Waals surface area contributed by atoms with Crippen LogP contribution in [0.3, 0.4) is 0 Å². The van der Waals surface area contributed by atoms with Gasteiger partial charge >= 0.3 is 0 Å². The van der Waals surface area contributed by atoms with Gasteiger partial charge in [0.25, 0.3) is 0 Å². The van der Waals surface area contributed by atoms with Gasteiger partial charge in [-0.25, -0.2) is 0 Å². The monoisotopic (exact) mass is 244 g/mol. The van der Waals surface area contributed by atoms with Gasteiger partial charge in [-0.3, -0.25) is 4.79 Å². The molecule has 2 rings (SSSR count). The van der Waals surface area contributed by atoms with Crippen LogP contribution < -0.4 is 0 Å². The Morgan fingerprint density at radius 1 is 1.28 bits per heavy atom. The Morgan fingerprint density at radius 2 is 2.06 bits per heavy atom. The first-order chi connectivity index (χ1) is 8.56. The minimum Gasteiger partial charge on any atom is -0.508 e. The molecule has 0 unspecified atom stereocenters. The summed E-state index contributed by atoms with van der Waals surface area (Å²) in [6, 6.07) is 3.96. The van der Waals surface area contributed by atoms with Gasteiger partial charge in [-0.05, 0) is 56.0 Å². The number of phenols is 2. The van der Waals surface area contributed by atoms with E-state index in [4.69, 9.17) is 0 Å². The van der Waals surface area contributed by atoms with Crippen molar-refractivity contribution >= 4 is 5.78 Å². The van der Waals surface area contributed by atoms with Crippen LogP contribution in [-0.4, -0.2) is 16.0 Å². The standard InChI is InChI=1S/C15H16O3/c1-10-3-2-4-11(7-10)8-15(18)13-9-12(16)5-6-14(13)17/h5-9,16-17H,2-4H2,1H3/b11-8-. The minimum atomic E-state index is -0.274. The van der Waals surface area contributed by atoms with Crippen LogP contribution in [0.15, 0.2) is 41.5 Å². The SMILES string of the molecule is CC1=C/C(=C\C(=O)c2cc(O)ccc2O)CCC1. The lowest BCUT2D eigenvalue weighted by Crippen LogP contribution is -1.99. The van der Waals surface area contributed by atoms with Gasteiger partial charge in [0.05, 0.1) is 5.56 Å². The van der Waals surface area contributed by atoms with Gasteiger partial charge in [0.1, 0.15) is 11.5 Å². The molecule has 0 radical (unpaired) electrons. The molecule has 0 aliphatic heterocycles. The molecule has 1 aromatic carbocycles. The molecule has 0 amide bonds. The molecular formula is C15H16O3. The predicted molar refractivity (Wildman–Crippen MR) is 69.8 cm³/mol. The third-order valence-electron chi connectivity index (χ3n) is 3.03. The fourth-order valence-electron chi connectivity index (χ4n) is 2.11. The summed E-state index contributed by atoms with van der Waals surface area (Å²) in [5.41, 5.74) is 2.38. The molecule has 0 atom stereocenters. The van der Waals surface area contributed by atoms with Crippen LogP contribution in [0.1, 0.15) is 36.5 Å². The van der Waals surface area contributed by atoms with E-state index < -0.39 is 0 Å². The van der Waals surface area contributed by atoms with Crippen molar-refractivity contribution in [3.8, 4) is 11.5 Å². The fraction of sp³-hybridized carbons (Fsp3) is 0.267. The van der Waals surface area contributed by atoms with Crippen molar-refractivity contribution in [1.82, 2.24) is 0 Å². The Bertz CT molecular complexity index is 539. The van der Waals surface area contributed by atoms with Crippen molar-refractivity contribution in [3.63, 3.8) is 0 Å². The van der Waals surface area contributed by atoms with Crippen LogP contribution in [0.2, 0.25) is 0 Å². The number of benzene rings is 1. The minimum absolute atomic E-state index is 0.0232. The van der Waals surface area contributed by atoms with Crippen molar-refractivity contribution in [1.29, 1.82) is 0 Å². The molecule has 1 aromatic rings. The van der Waals surface area contributed by atoms with E-state index in [1.165, 1.54) is 29.8 Å². The summed E-state index contributed by atoms with van der Waals surface area (Å²) in [6.45, 7) is 2.04. The number of hydrogen-bond donors (Lipinski definition) is 2. The second-order valence-corrected chi connectivity index (χ2v) is 4.63. The summed E-state index contributed by atoms with van der Waals surface area (Å²) in [5, 5.41) is 18.9. The fourth-order valence-corrected chi connectivity index (χ4v) is 2.11. The lowest BCUT2D eigenvalue weighted by atomic mass is 9.94. The number of hydrogen-bond acceptors (Lipinski definition) is 3. The number of phenolic OH excluding ortho intramolecular Hbond substituents is 2. The molecule has 0 saturated carbocycles. The van der Waals surface area contributed by atoms with Crippen molar-refractivity contribution in [2.24, 2.45) is 0 Å². The van der Waals surface area contributed by atoms with Crippen LogP contribution in [0.5, 0.6) is 11.5 Å². The van der Waals surface area contributed by atoms with E-state index in [9.17, 15) is 15.0 Å². The third-order valence-corrected chi connectivity index (χ3v) is 3.03. The highest BCUT2D eigenvalue weighted by Gasteiger charge is 2.12. The van der Waals surface area contributed by atoms with E-state index in [0.29, 0.717) is 0 Å². The van der Waals surface area contributed by atoms with E-state index in [1.807, 2.05) is 13.0 Å². The molecule has 1 aliphatic rings. The number of aromatic hydroxyl groups is 2. The summed E-state index contributed by atoms with van der Waals surface area (Å²) in [7, 11) is 0. The largest absolute Gasteiger partial charge is 0.508 e. The van der Waals surface area contributed by atoms with Gasteiger partial charge in [-0.2, -0.15) is 0 Å². The van der Waals surface area contributed by atoms with Crippen LogP contribution in [0, 0.1) is 0 Å². The second kappa shape index (κ2) is 5.08. The Hall–Kier alpha value is -2.03. The molecule has 3 heteroatoms. The molecule has 0 aromatic heterocycles. The average Bonchev–Trinajstić information content (AvgIpc) is 2.32. The number of carbonyl (C=O) groups is 1. The zero-order valence-corrected chi connectivity index (χ0v) is 10.3. The third kappa shape index (κ3) is 2.80. The molecular weight excluding hydrogens is 228 g/mol. The Balaban J connectivity index is 2.29. The first-order valence-electron chi connectivity index (χ1n) is 6.00. The van der Waals surface area contributed by atoms with Crippen molar-refractivity contribution in [2.75, 3.05) is 0 Å². The molecule has 1 aliphatic carbocycles. The molecule has 0 saturated heterocycles. The first-order valence-corrected chi connectivity index (χ1v) is 6.00. The van der Waals surface area contributed by atoms with E-state index in [0.717, 1.165) is 24.8 Å². The lowest BCUT2D eigenvalue weighted by molar-refractivity contribution is 0.104. The molecule has 94 valence electrons. The molecule has 0 bridgehead atoms. The topological polar surface area (TPSA) is 57.5 Å². The summed E-state index contributed by atoms with van der Waals surface area (Å²) in [6.07, 6.45) is 6.55. The predicted octanol–water partition coefficient (Wildman–Crippen LogP) is 3.34. The lowest BCUT2D eigenvalue weighted by Gasteiger charge is -2.11. The highest BCUT2D eigenvalue weighted by atomic mass is 16.3. The quantitative estimate of drug-likeness (QED) is 0.476. The summed E-state index contributed by atoms with van der Waals surface area (Å²) >= 11 is 0. The van der Waals surface area contributed by atoms with Gasteiger partial charge in [-0.15, -0.1) is 0 Å². The van der Waals surface area contributed by atoms with E-state index in [-0.39, 0.29) is 22.8 Å². The summed E-state index contributed by atoms with van der Waals surface area (Å²) in [4.78, 5) is 12.0. The van der Waals surface area contributed by atoms with Gasteiger partial charge in [0, 0.05) is 0 Å². The van der Waals surface area contributed by atoms with Crippen LogP contribution in [0.4, 0.5) is 0 Å². The van der Waals surface area contributed by atoms with Crippen LogP contribution in [0.25, 0.3) is 0 Å². The molecule has 18 heavy (non-hydrogen) atoms. The van der Waals surface area contributed by atoms with Crippen LogP contribution >= 0.6 is 0 Å². The number of rotatable bonds is 2. The van der Waals surface area contributed by atoms with Gasteiger partial charge in [-0.1, -0.05) is 11.6 Å². The molecule has 0 fully saturated rings. The van der Waals surface area contributed by atoms with Gasteiger partial charge in [0.2, 0.25) is 0 Å². The van der Waals surface area contributed by atoms with Crippen molar-refractivity contribution < 1.29 is 15.0 Å². The molecule has 0 heterocycles. The van der Waals surface area contributed by atoms with Crippen LogP contribution in [-0.2, 0) is 0 Å². The van der Waals surface area contributed by atoms with Crippen molar-refractivity contribution in [2.45, 2.75) is 26.2 Å². The van der Waals surface area contributed by atoms with Gasteiger partial charge < -0.3 is 10.2 Å². The number of allylic oxidation sites excluding steroid dienone is 4. The molecule has 0 spiro atoms. The summed E-state index contributed by atoms with van der Waals surface area (Å²) in [5.74, 6) is -0.402. The number of ketones is 1. The smallest absolute Gasteiger partial charge is 0.189 e. The first kappa shape index (κ1) is 12.4. The molecule has 3 nitrogen and oxygen atoms in total. The Morgan fingerprint density at radius 3 is 2.78 bits per heavy atom. The Kier molecular flexibility index (Phi) is 3.51. The molecule has 2 N–H and O–H groups in total. The maximum atomic E-state index is 12.0. The summed E-state index contributed by atoms with van der Waals surface area (Å²) < 4.78 is 0. The zero-order valence-electron chi connectivity index (χ0n) is 10.3. The average molecular weight is 244 g/mol. The van der Waals surface area contributed by atoms with E-state index in [2.05, 4.69) is 0 Å². The van der Waals surface area contributed by atoms with E-state index >= 15 is 0 Å². The highest BCUT2D eigenvalue weighted by molar-refractivity contribution is 6.07. The zero-order chi connectivity index (χ0) is 13.1. The maximum Gasteiger partial charge on any atom is 0.189 e. The van der Waals surface area contributed by atoms with E-state index in [1.54, 1.807) is 0 Å². The maximum absolute atomic E-state index is 12.0. The Labute approximate surface area is 106 Å². The second-order valence-electron chi connectivity index (χ2n) is 4.63. The highest BCUT2D eigenvalue weighted by Crippen LogP contribution is 2.26. The van der Waals surface area contributed by atoms with Crippen molar-refractivity contribution in [3.05, 3.63) is 47.1 Å².